The summed E-state index contributed by atoms with van der Waals surface area (Å²) in [4.78, 5) is 17.8. The smallest absolute Gasteiger partial charge is 0.329 e. The molecule has 0 bridgehead atoms. The third-order valence-electron chi connectivity index (χ3n) is 0.886. The van der Waals surface area contributed by atoms with Gasteiger partial charge in [-0.2, -0.15) is 0 Å². The second-order valence-electron chi connectivity index (χ2n) is 2.15. The van der Waals surface area contributed by atoms with Crippen molar-refractivity contribution < 1.29 is 9.59 Å². The fraction of sp³-hybridized carbons (Fsp3) is 1.00. The number of thiol groups is 1. The van der Waals surface area contributed by atoms with E-state index >= 15 is 0 Å². The standard InChI is InChI=1S/C4H12O2S2Si/c1-9(5,6)4-2-3-8-7/h5-7H,2-4H2,1H3. The lowest BCUT2D eigenvalue weighted by molar-refractivity contribution is 0.369. The summed E-state index contributed by atoms with van der Waals surface area (Å²) >= 11 is 3.92. The van der Waals surface area contributed by atoms with Crippen LogP contribution in [-0.4, -0.2) is 23.9 Å². The van der Waals surface area contributed by atoms with Crippen LogP contribution in [0.25, 0.3) is 0 Å². The van der Waals surface area contributed by atoms with Crippen LogP contribution in [0.3, 0.4) is 0 Å². The minimum Gasteiger partial charge on any atom is -0.411 e. The van der Waals surface area contributed by atoms with Crippen molar-refractivity contribution in [3.8, 4) is 0 Å². The van der Waals surface area contributed by atoms with E-state index in [0.29, 0.717) is 6.04 Å². The SMILES string of the molecule is C[Si](O)(O)CCCSS. The molecule has 0 atom stereocenters. The molecular formula is C4H12O2S2Si. The maximum absolute atomic E-state index is 8.90. The molecule has 0 saturated heterocycles. The maximum Gasteiger partial charge on any atom is 0.329 e. The lowest BCUT2D eigenvalue weighted by atomic mass is 10.6. The molecule has 0 unspecified atom stereocenters. The van der Waals surface area contributed by atoms with Gasteiger partial charge in [-0.05, 0) is 19.0 Å². The van der Waals surface area contributed by atoms with Crippen molar-refractivity contribution in [3.63, 3.8) is 0 Å². The van der Waals surface area contributed by atoms with Crippen molar-refractivity contribution >= 4 is 31.0 Å². The van der Waals surface area contributed by atoms with Crippen molar-refractivity contribution in [3.05, 3.63) is 0 Å². The van der Waals surface area contributed by atoms with Crippen LogP contribution in [-0.2, 0) is 0 Å². The van der Waals surface area contributed by atoms with E-state index in [1.165, 1.54) is 17.3 Å². The highest BCUT2D eigenvalue weighted by molar-refractivity contribution is 8.68. The Morgan fingerprint density at radius 2 is 2.11 bits per heavy atom. The van der Waals surface area contributed by atoms with Crippen molar-refractivity contribution in [1.29, 1.82) is 0 Å². The molecule has 9 heavy (non-hydrogen) atoms. The summed E-state index contributed by atoms with van der Waals surface area (Å²) in [5.74, 6) is 0.896. The van der Waals surface area contributed by atoms with E-state index in [4.69, 9.17) is 9.59 Å². The van der Waals surface area contributed by atoms with Crippen LogP contribution >= 0.6 is 22.5 Å². The van der Waals surface area contributed by atoms with Crippen molar-refractivity contribution in [2.24, 2.45) is 0 Å². The Morgan fingerprint density at radius 1 is 1.56 bits per heavy atom. The molecular weight excluding hydrogens is 172 g/mol. The fourth-order valence-corrected chi connectivity index (χ4v) is 2.24. The number of rotatable bonds is 4. The summed E-state index contributed by atoms with van der Waals surface area (Å²) in [5.41, 5.74) is 0. The molecule has 0 aromatic rings. The summed E-state index contributed by atoms with van der Waals surface area (Å²) in [6.45, 7) is 1.52. The van der Waals surface area contributed by atoms with Gasteiger partial charge in [0.15, 0.2) is 0 Å². The zero-order valence-corrected chi connectivity index (χ0v) is 8.08. The molecule has 0 spiro atoms. The highest BCUT2D eigenvalue weighted by Crippen LogP contribution is 2.11. The first-order valence-corrected chi connectivity index (χ1v) is 7.41. The summed E-state index contributed by atoms with van der Waals surface area (Å²) in [7, 11) is -1.30. The van der Waals surface area contributed by atoms with Crippen molar-refractivity contribution in [1.82, 2.24) is 0 Å². The normalized spacial score (nSPS) is 12.0. The van der Waals surface area contributed by atoms with Gasteiger partial charge in [0.05, 0.1) is 0 Å². The van der Waals surface area contributed by atoms with Gasteiger partial charge < -0.3 is 9.59 Å². The van der Waals surface area contributed by atoms with Crippen molar-refractivity contribution in [2.75, 3.05) is 5.75 Å². The Morgan fingerprint density at radius 3 is 2.44 bits per heavy atom. The van der Waals surface area contributed by atoms with Crippen LogP contribution in [0.1, 0.15) is 6.42 Å². The molecule has 0 aromatic heterocycles. The van der Waals surface area contributed by atoms with Gasteiger partial charge in [0.25, 0.3) is 0 Å². The lowest BCUT2D eigenvalue weighted by Crippen LogP contribution is -2.29. The zero-order valence-electron chi connectivity index (χ0n) is 5.37. The zero-order chi connectivity index (χ0) is 7.33. The third kappa shape index (κ3) is 8.84. The number of hydrogen-bond donors (Lipinski definition) is 3. The van der Waals surface area contributed by atoms with E-state index < -0.39 is 8.56 Å². The highest BCUT2D eigenvalue weighted by atomic mass is 33.1. The maximum atomic E-state index is 8.90. The Bertz CT molecular complexity index is 73.5. The minimum atomic E-state index is -2.74. The fourth-order valence-electron chi connectivity index (χ4n) is 0.472. The van der Waals surface area contributed by atoms with Crippen LogP contribution in [0, 0.1) is 0 Å². The first-order chi connectivity index (χ1) is 4.06. The van der Waals surface area contributed by atoms with Gasteiger partial charge >= 0.3 is 8.56 Å². The van der Waals surface area contributed by atoms with Crippen LogP contribution in [0.15, 0.2) is 0 Å². The molecule has 0 rings (SSSR count). The summed E-state index contributed by atoms with van der Waals surface area (Å²) in [6.07, 6.45) is 0.851. The third-order valence-corrected chi connectivity index (χ3v) is 3.21. The monoisotopic (exact) mass is 184 g/mol. The van der Waals surface area contributed by atoms with E-state index in [0.717, 1.165) is 12.2 Å². The first kappa shape index (κ1) is 9.84. The molecule has 0 radical (unpaired) electrons. The molecule has 2 N–H and O–H groups in total. The van der Waals surface area contributed by atoms with Crippen LogP contribution in [0.4, 0.5) is 0 Å². The second-order valence-corrected chi connectivity index (χ2v) is 6.53. The van der Waals surface area contributed by atoms with Gasteiger partial charge in [-0.3, -0.25) is 0 Å². The largest absolute Gasteiger partial charge is 0.411 e. The second kappa shape index (κ2) is 4.62. The van der Waals surface area contributed by atoms with E-state index in [1.54, 1.807) is 0 Å². The van der Waals surface area contributed by atoms with E-state index in [9.17, 15) is 0 Å². The Kier molecular flexibility index (Phi) is 5.05. The van der Waals surface area contributed by atoms with Crippen LogP contribution in [0.5, 0.6) is 0 Å². The van der Waals surface area contributed by atoms with Gasteiger partial charge in [0.2, 0.25) is 0 Å². The molecule has 0 aliphatic heterocycles. The molecule has 0 amide bonds. The molecule has 0 aliphatic carbocycles. The highest BCUT2D eigenvalue weighted by Gasteiger charge is 2.19. The van der Waals surface area contributed by atoms with Gasteiger partial charge in [0, 0.05) is 5.75 Å². The number of hydrogen-bond acceptors (Lipinski definition) is 4. The predicted octanol–water partition coefficient (Wildman–Crippen LogP) is 1.01. The Labute approximate surface area is 65.7 Å². The predicted molar refractivity (Wildman–Crippen MR) is 46.9 cm³/mol. The molecule has 0 aromatic carbocycles. The average molecular weight is 184 g/mol. The van der Waals surface area contributed by atoms with Gasteiger partial charge in [0.1, 0.15) is 0 Å². The van der Waals surface area contributed by atoms with Gasteiger partial charge in [-0.1, -0.05) is 10.8 Å². The molecule has 0 heterocycles. The first-order valence-electron chi connectivity index (χ1n) is 2.77. The summed E-state index contributed by atoms with van der Waals surface area (Å²) in [6, 6.07) is 0.556. The van der Waals surface area contributed by atoms with Crippen LogP contribution < -0.4 is 0 Å². The molecule has 2 nitrogen and oxygen atoms in total. The molecule has 5 heteroatoms. The quantitative estimate of drug-likeness (QED) is 0.264. The summed E-state index contributed by atoms with van der Waals surface area (Å²) < 4.78 is 0. The van der Waals surface area contributed by atoms with Crippen LogP contribution in [0.2, 0.25) is 12.6 Å². The van der Waals surface area contributed by atoms with E-state index in [2.05, 4.69) is 11.7 Å². The molecule has 56 valence electrons. The Balaban J connectivity index is 3.07. The summed E-state index contributed by atoms with van der Waals surface area (Å²) in [5, 5.41) is 0. The topological polar surface area (TPSA) is 40.5 Å². The van der Waals surface area contributed by atoms with E-state index in [-0.39, 0.29) is 0 Å². The van der Waals surface area contributed by atoms with Gasteiger partial charge in [-0.15, -0.1) is 11.7 Å². The molecule has 0 fully saturated rings. The van der Waals surface area contributed by atoms with Gasteiger partial charge in [-0.25, -0.2) is 0 Å². The van der Waals surface area contributed by atoms with Crippen molar-refractivity contribution in [2.45, 2.75) is 19.0 Å². The van der Waals surface area contributed by atoms with E-state index in [1.807, 2.05) is 0 Å². The molecule has 0 aliphatic rings. The average Bonchev–Trinajstić information content (AvgIpc) is 1.63. The lowest BCUT2D eigenvalue weighted by Gasteiger charge is -2.09. The minimum absolute atomic E-state index is 0.556. The molecule has 0 saturated carbocycles. The Hall–Kier alpha value is 0.837.